The lowest BCUT2D eigenvalue weighted by atomic mass is 10.1. The molecule has 0 spiro atoms. The molecule has 0 amide bonds. The Bertz CT molecular complexity index is 360. The van der Waals surface area contributed by atoms with Gasteiger partial charge in [-0.25, -0.2) is 0 Å². The molecular weight excluding hydrogens is 324 g/mol. The van der Waals surface area contributed by atoms with Gasteiger partial charge in [0.1, 0.15) is 0 Å². The van der Waals surface area contributed by atoms with Crippen molar-refractivity contribution in [2.24, 2.45) is 0 Å². The molecule has 152 valence electrons. The van der Waals surface area contributed by atoms with E-state index in [9.17, 15) is 9.59 Å². The molecular formula is C23H42O3. The molecule has 0 atom stereocenters. The van der Waals surface area contributed by atoms with Crippen molar-refractivity contribution < 1.29 is 14.3 Å². The fourth-order valence-electron chi connectivity index (χ4n) is 2.89. The summed E-state index contributed by atoms with van der Waals surface area (Å²) in [5, 5.41) is 0. The second-order valence-corrected chi connectivity index (χ2v) is 7.28. The summed E-state index contributed by atoms with van der Waals surface area (Å²) in [4.78, 5) is 22.8. The highest BCUT2D eigenvalue weighted by atomic mass is 16.6. The van der Waals surface area contributed by atoms with E-state index in [0.29, 0.717) is 12.8 Å². The van der Waals surface area contributed by atoms with Gasteiger partial charge in [0.05, 0.1) is 0 Å². The largest absolute Gasteiger partial charge is 0.393 e. The van der Waals surface area contributed by atoms with Gasteiger partial charge in [-0.2, -0.15) is 0 Å². The number of carbonyl (C=O) groups excluding carboxylic acids is 2. The molecule has 0 aromatic rings. The molecule has 26 heavy (non-hydrogen) atoms. The van der Waals surface area contributed by atoms with Crippen LogP contribution in [0.1, 0.15) is 123 Å². The van der Waals surface area contributed by atoms with Crippen LogP contribution in [0.3, 0.4) is 0 Å². The second-order valence-electron chi connectivity index (χ2n) is 7.28. The lowest BCUT2D eigenvalue weighted by molar-refractivity contribution is -0.159. The molecule has 3 nitrogen and oxygen atoms in total. The van der Waals surface area contributed by atoms with E-state index in [4.69, 9.17) is 4.74 Å². The monoisotopic (exact) mass is 366 g/mol. The Kier molecular flexibility index (Phi) is 19.3. The van der Waals surface area contributed by atoms with Gasteiger partial charge in [-0.3, -0.25) is 9.59 Å². The Morgan fingerprint density at radius 3 is 1.54 bits per heavy atom. The summed E-state index contributed by atoms with van der Waals surface area (Å²) in [6, 6.07) is 0. The lowest BCUT2D eigenvalue weighted by Gasteiger charge is -2.03. The minimum absolute atomic E-state index is 0.356. The molecule has 0 aromatic carbocycles. The predicted molar refractivity (Wildman–Crippen MR) is 110 cm³/mol. The first-order valence-corrected chi connectivity index (χ1v) is 11.1. The van der Waals surface area contributed by atoms with Gasteiger partial charge < -0.3 is 4.74 Å². The minimum Gasteiger partial charge on any atom is -0.393 e. The third-order valence-corrected chi connectivity index (χ3v) is 4.60. The summed E-state index contributed by atoms with van der Waals surface area (Å²) < 4.78 is 4.78. The van der Waals surface area contributed by atoms with Gasteiger partial charge >= 0.3 is 11.9 Å². The number of hydrogen-bond donors (Lipinski definition) is 0. The van der Waals surface area contributed by atoms with E-state index in [1.807, 2.05) is 6.92 Å². The van der Waals surface area contributed by atoms with Gasteiger partial charge in [-0.1, -0.05) is 83.8 Å². The molecule has 0 saturated carbocycles. The Hall–Kier alpha value is -1.12. The van der Waals surface area contributed by atoms with Crippen LogP contribution < -0.4 is 0 Å². The standard InChI is InChI=1S/C23H42O3/c1-3-5-7-8-9-10-11-12-13-14-15-16-17-18-19-21-23(25)26-22(24)20-6-4-2/h12-13H,3-11,14-21H2,1-2H3/b13-12-. The molecule has 0 saturated heterocycles. The van der Waals surface area contributed by atoms with Gasteiger partial charge in [0.25, 0.3) is 0 Å². The van der Waals surface area contributed by atoms with Crippen LogP contribution in [0.25, 0.3) is 0 Å². The lowest BCUT2D eigenvalue weighted by Crippen LogP contribution is -2.11. The molecule has 0 aromatic heterocycles. The summed E-state index contributed by atoms with van der Waals surface area (Å²) in [5.41, 5.74) is 0. The highest BCUT2D eigenvalue weighted by molar-refractivity contribution is 5.85. The van der Waals surface area contributed by atoms with Gasteiger partial charge in [-0.15, -0.1) is 0 Å². The van der Waals surface area contributed by atoms with Crippen molar-refractivity contribution in [3.8, 4) is 0 Å². The first-order valence-electron chi connectivity index (χ1n) is 11.1. The van der Waals surface area contributed by atoms with Crippen LogP contribution in [0, 0.1) is 0 Å². The van der Waals surface area contributed by atoms with Gasteiger partial charge in [-0.05, 0) is 38.5 Å². The van der Waals surface area contributed by atoms with Crippen LogP contribution in [0.5, 0.6) is 0 Å². The average molecular weight is 367 g/mol. The van der Waals surface area contributed by atoms with E-state index in [0.717, 1.165) is 32.1 Å². The molecule has 0 heterocycles. The molecule has 0 aliphatic carbocycles. The maximum Gasteiger partial charge on any atom is 0.313 e. The number of esters is 2. The van der Waals surface area contributed by atoms with Crippen molar-refractivity contribution in [3.63, 3.8) is 0 Å². The zero-order chi connectivity index (χ0) is 19.3. The number of hydrogen-bond acceptors (Lipinski definition) is 3. The topological polar surface area (TPSA) is 43.4 Å². The number of allylic oxidation sites excluding steroid dienone is 2. The summed E-state index contributed by atoms with van der Waals surface area (Å²) in [7, 11) is 0. The van der Waals surface area contributed by atoms with Crippen molar-refractivity contribution in [1.82, 2.24) is 0 Å². The van der Waals surface area contributed by atoms with Crippen LogP contribution >= 0.6 is 0 Å². The fourth-order valence-corrected chi connectivity index (χ4v) is 2.89. The molecule has 0 fully saturated rings. The Morgan fingerprint density at radius 2 is 1.00 bits per heavy atom. The second kappa shape index (κ2) is 20.2. The maximum absolute atomic E-state index is 11.5. The summed E-state index contributed by atoms with van der Waals surface area (Å²) >= 11 is 0. The molecule has 0 radical (unpaired) electrons. The number of ether oxygens (including phenoxy) is 1. The molecule has 3 heteroatoms. The van der Waals surface area contributed by atoms with Crippen molar-refractivity contribution in [1.29, 1.82) is 0 Å². The molecule has 0 aliphatic rings. The number of carbonyl (C=O) groups is 2. The smallest absolute Gasteiger partial charge is 0.313 e. The summed E-state index contributed by atoms with van der Waals surface area (Å²) in [6.45, 7) is 4.27. The zero-order valence-corrected chi connectivity index (χ0v) is 17.4. The highest BCUT2D eigenvalue weighted by Crippen LogP contribution is 2.10. The Morgan fingerprint density at radius 1 is 0.577 bits per heavy atom. The van der Waals surface area contributed by atoms with Crippen molar-refractivity contribution in [2.45, 2.75) is 123 Å². The Labute approximate surface area is 162 Å². The van der Waals surface area contributed by atoms with E-state index >= 15 is 0 Å². The maximum atomic E-state index is 11.5. The zero-order valence-electron chi connectivity index (χ0n) is 17.4. The van der Waals surface area contributed by atoms with Gasteiger partial charge in [0, 0.05) is 12.8 Å². The van der Waals surface area contributed by atoms with Gasteiger partial charge in [0.2, 0.25) is 0 Å². The van der Waals surface area contributed by atoms with Crippen molar-refractivity contribution in [3.05, 3.63) is 12.2 Å². The number of unbranched alkanes of at least 4 members (excludes halogenated alkanes) is 12. The predicted octanol–water partition coefficient (Wildman–Crippen LogP) is 7.28. The van der Waals surface area contributed by atoms with Crippen LogP contribution in [-0.2, 0) is 14.3 Å². The fraction of sp³-hybridized carbons (Fsp3) is 0.826. The average Bonchev–Trinajstić information content (AvgIpc) is 2.63. The Balaban J connectivity index is 3.29. The van der Waals surface area contributed by atoms with Crippen LogP contribution in [0.2, 0.25) is 0 Å². The SMILES string of the molecule is CCCCCCCC/C=C\CCCCCCCC(=O)OC(=O)CCCC. The van der Waals surface area contributed by atoms with E-state index in [1.165, 1.54) is 64.2 Å². The van der Waals surface area contributed by atoms with Crippen molar-refractivity contribution >= 4 is 11.9 Å². The molecule has 0 unspecified atom stereocenters. The normalized spacial score (nSPS) is 11.2. The quantitative estimate of drug-likeness (QED) is 0.111. The van der Waals surface area contributed by atoms with Crippen molar-refractivity contribution in [2.75, 3.05) is 0 Å². The van der Waals surface area contributed by atoms with Crippen LogP contribution in [0.4, 0.5) is 0 Å². The number of rotatable bonds is 18. The van der Waals surface area contributed by atoms with E-state index < -0.39 is 0 Å². The van der Waals surface area contributed by atoms with E-state index in [2.05, 4.69) is 19.1 Å². The third-order valence-electron chi connectivity index (χ3n) is 4.60. The third kappa shape index (κ3) is 19.2. The molecule has 0 N–H and O–H groups in total. The molecule has 0 rings (SSSR count). The molecule has 0 aliphatic heterocycles. The molecule has 0 bridgehead atoms. The minimum atomic E-state index is -0.371. The first-order chi connectivity index (χ1) is 12.7. The van der Waals surface area contributed by atoms with Crippen LogP contribution in [-0.4, -0.2) is 11.9 Å². The van der Waals surface area contributed by atoms with E-state index in [-0.39, 0.29) is 11.9 Å². The summed E-state index contributed by atoms with van der Waals surface area (Å²) in [6.07, 6.45) is 23.2. The highest BCUT2D eigenvalue weighted by Gasteiger charge is 2.09. The van der Waals surface area contributed by atoms with Crippen LogP contribution in [0.15, 0.2) is 12.2 Å². The van der Waals surface area contributed by atoms with E-state index in [1.54, 1.807) is 0 Å². The first kappa shape index (κ1) is 24.9. The summed E-state index contributed by atoms with van der Waals surface area (Å²) in [5.74, 6) is -0.728. The van der Waals surface area contributed by atoms with Gasteiger partial charge in [0.15, 0.2) is 0 Å².